The summed E-state index contributed by atoms with van der Waals surface area (Å²) in [5, 5.41) is 15.7. The Morgan fingerprint density at radius 2 is 0.818 bits per heavy atom. The van der Waals surface area contributed by atoms with E-state index in [1.54, 1.807) is 0 Å². The molecule has 0 aliphatic carbocycles. The maximum atomic E-state index is 11.0. The fraction of sp³-hybridized carbons (Fsp3) is 0. The fourth-order valence-corrected chi connectivity index (χ4v) is 4.88. The van der Waals surface area contributed by atoms with E-state index >= 15 is 0 Å². The first kappa shape index (κ1) is 19.3. The number of phenolic OH excluding ortho intramolecular Hbond substituents is 1. The van der Waals surface area contributed by atoms with Crippen LogP contribution in [0.2, 0.25) is 0 Å². The number of aromatic hydroxyl groups is 1. The van der Waals surface area contributed by atoms with E-state index < -0.39 is 0 Å². The first-order valence-electron chi connectivity index (χ1n) is 11.2. The summed E-state index contributed by atoms with van der Waals surface area (Å²) in [6.07, 6.45) is 0. The highest BCUT2D eigenvalue weighted by molar-refractivity contribution is 6.21. The minimum atomic E-state index is 0.289. The molecular formula is C32H22O. The summed E-state index contributed by atoms with van der Waals surface area (Å²) >= 11 is 0. The minimum absolute atomic E-state index is 0.289. The minimum Gasteiger partial charge on any atom is -0.507 e. The Balaban J connectivity index is 1.74. The van der Waals surface area contributed by atoms with Crippen LogP contribution in [0.3, 0.4) is 0 Å². The Hall–Kier alpha value is -4.36. The van der Waals surface area contributed by atoms with E-state index in [1.165, 1.54) is 21.9 Å². The molecule has 1 N–H and O–H groups in total. The molecule has 0 fully saturated rings. The molecule has 0 spiro atoms. The largest absolute Gasteiger partial charge is 0.507 e. The molecule has 0 saturated carbocycles. The molecule has 0 aromatic heterocycles. The van der Waals surface area contributed by atoms with Crippen molar-refractivity contribution in [1.29, 1.82) is 0 Å². The second-order valence-electron chi connectivity index (χ2n) is 8.31. The molecule has 6 rings (SSSR count). The van der Waals surface area contributed by atoms with Crippen molar-refractivity contribution in [2.45, 2.75) is 0 Å². The molecule has 0 radical (unpaired) electrons. The molecule has 0 amide bonds. The van der Waals surface area contributed by atoms with E-state index in [9.17, 15) is 5.11 Å². The summed E-state index contributed by atoms with van der Waals surface area (Å²) in [5.41, 5.74) is 6.56. The van der Waals surface area contributed by atoms with Crippen LogP contribution >= 0.6 is 0 Å². The summed E-state index contributed by atoms with van der Waals surface area (Å²) in [6.45, 7) is 0. The molecule has 0 unspecified atom stereocenters. The van der Waals surface area contributed by atoms with E-state index in [0.717, 1.165) is 33.0 Å². The standard InChI is InChI=1S/C32H22O/c33-30-20-19-24(22-11-3-1-4-12-22)21-29(30)32-27-17-9-7-15-25(27)31(23-13-5-2-6-14-23)26-16-8-10-18-28(26)32/h1-21,33H. The van der Waals surface area contributed by atoms with Crippen LogP contribution in [0, 0.1) is 0 Å². The number of rotatable bonds is 3. The highest BCUT2D eigenvalue weighted by Gasteiger charge is 2.18. The molecule has 0 aliphatic heterocycles. The topological polar surface area (TPSA) is 20.2 Å². The van der Waals surface area contributed by atoms with Crippen LogP contribution in [0.5, 0.6) is 5.75 Å². The van der Waals surface area contributed by atoms with Gasteiger partial charge in [0.1, 0.15) is 5.75 Å². The number of benzene rings is 6. The maximum absolute atomic E-state index is 11.0. The lowest BCUT2D eigenvalue weighted by molar-refractivity contribution is 0.477. The number of hydrogen-bond acceptors (Lipinski definition) is 1. The Morgan fingerprint density at radius 3 is 1.36 bits per heavy atom. The molecule has 1 nitrogen and oxygen atoms in total. The summed E-state index contributed by atoms with van der Waals surface area (Å²) in [4.78, 5) is 0. The normalized spacial score (nSPS) is 11.2. The van der Waals surface area contributed by atoms with Gasteiger partial charge in [0.15, 0.2) is 0 Å². The van der Waals surface area contributed by atoms with Gasteiger partial charge in [0, 0.05) is 11.1 Å². The molecule has 0 heterocycles. The Labute approximate surface area is 193 Å². The van der Waals surface area contributed by atoms with E-state index in [4.69, 9.17) is 0 Å². The zero-order valence-electron chi connectivity index (χ0n) is 18.1. The average Bonchev–Trinajstić information content (AvgIpc) is 2.89. The fourth-order valence-electron chi connectivity index (χ4n) is 4.88. The second kappa shape index (κ2) is 7.96. The quantitative estimate of drug-likeness (QED) is 0.283. The van der Waals surface area contributed by atoms with Crippen molar-refractivity contribution in [3.63, 3.8) is 0 Å². The number of hydrogen-bond donors (Lipinski definition) is 1. The highest BCUT2D eigenvalue weighted by atomic mass is 16.3. The van der Waals surface area contributed by atoms with Crippen molar-refractivity contribution in [3.8, 4) is 39.1 Å². The highest BCUT2D eigenvalue weighted by Crippen LogP contribution is 2.46. The first-order chi connectivity index (χ1) is 16.3. The molecule has 0 atom stereocenters. The van der Waals surface area contributed by atoms with Gasteiger partial charge in [-0.2, -0.15) is 0 Å². The predicted molar refractivity (Wildman–Crippen MR) is 139 cm³/mol. The molecular weight excluding hydrogens is 400 g/mol. The molecule has 6 aromatic rings. The molecule has 0 bridgehead atoms. The van der Waals surface area contributed by atoms with Crippen LogP contribution in [-0.2, 0) is 0 Å². The van der Waals surface area contributed by atoms with Gasteiger partial charge in [0.25, 0.3) is 0 Å². The smallest absolute Gasteiger partial charge is 0.123 e. The lowest BCUT2D eigenvalue weighted by Gasteiger charge is -2.18. The summed E-state index contributed by atoms with van der Waals surface area (Å²) in [7, 11) is 0. The lowest BCUT2D eigenvalue weighted by atomic mass is 9.85. The summed E-state index contributed by atoms with van der Waals surface area (Å²) < 4.78 is 0. The molecule has 1 heteroatoms. The Morgan fingerprint density at radius 1 is 0.364 bits per heavy atom. The Bertz CT molecular complexity index is 1540. The van der Waals surface area contributed by atoms with Gasteiger partial charge in [-0.15, -0.1) is 0 Å². The van der Waals surface area contributed by atoms with Crippen molar-refractivity contribution in [1.82, 2.24) is 0 Å². The van der Waals surface area contributed by atoms with Crippen molar-refractivity contribution in [3.05, 3.63) is 127 Å². The zero-order chi connectivity index (χ0) is 22.2. The van der Waals surface area contributed by atoms with Crippen LogP contribution in [-0.4, -0.2) is 5.11 Å². The Kier molecular flexibility index (Phi) is 4.66. The van der Waals surface area contributed by atoms with Crippen LogP contribution in [0.4, 0.5) is 0 Å². The zero-order valence-corrected chi connectivity index (χ0v) is 18.1. The summed E-state index contributed by atoms with van der Waals surface area (Å²) in [5.74, 6) is 0.289. The first-order valence-corrected chi connectivity index (χ1v) is 11.2. The van der Waals surface area contributed by atoms with Crippen molar-refractivity contribution < 1.29 is 5.11 Å². The SMILES string of the molecule is Oc1ccc(-c2ccccc2)cc1-c1c2ccccc2c(-c2ccccc2)c2ccccc12. The van der Waals surface area contributed by atoms with E-state index in [1.807, 2.05) is 30.3 Å². The predicted octanol–water partition coefficient (Wildman–Crippen LogP) is 8.70. The van der Waals surface area contributed by atoms with Crippen LogP contribution in [0.1, 0.15) is 0 Å². The third-order valence-corrected chi connectivity index (χ3v) is 6.37. The van der Waals surface area contributed by atoms with Crippen LogP contribution < -0.4 is 0 Å². The van der Waals surface area contributed by atoms with Gasteiger partial charge in [-0.3, -0.25) is 0 Å². The monoisotopic (exact) mass is 422 g/mol. The van der Waals surface area contributed by atoms with Gasteiger partial charge in [-0.1, -0.05) is 115 Å². The molecule has 0 aliphatic rings. The van der Waals surface area contributed by atoms with Crippen molar-refractivity contribution in [2.24, 2.45) is 0 Å². The van der Waals surface area contributed by atoms with Gasteiger partial charge >= 0.3 is 0 Å². The summed E-state index contributed by atoms with van der Waals surface area (Å²) in [6, 6.07) is 43.8. The molecule has 33 heavy (non-hydrogen) atoms. The van der Waals surface area contributed by atoms with Gasteiger partial charge in [-0.05, 0) is 55.9 Å². The van der Waals surface area contributed by atoms with Gasteiger partial charge in [0.05, 0.1) is 0 Å². The third-order valence-electron chi connectivity index (χ3n) is 6.37. The molecule has 156 valence electrons. The molecule has 0 saturated heterocycles. The second-order valence-corrected chi connectivity index (χ2v) is 8.31. The number of fused-ring (bicyclic) bond motifs is 2. The van der Waals surface area contributed by atoms with Crippen molar-refractivity contribution >= 4 is 21.5 Å². The van der Waals surface area contributed by atoms with E-state index in [-0.39, 0.29) is 5.75 Å². The average molecular weight is 423 g/mol. The molecule has 6 aromatic carbocycles. The van der Waals surface area contributed by atoms with Gasteiger partial charge in [-0.25, -0.2) is 0 Å². The van der Waals surface area contributed by atoms with Crippen LogP contribution in [0.25, 0.3) is 54.9 Å². The maximum Gasteiger partial charge on any atom is 0.123 e. The van der Waals surface area contributed by atoms with Gasteiger partial charge in [0.2, 0.25) is 0 Å². The third kappa shape index (κ3) is 3.26. The van der Waals surface area contributed by atoms with Gasteiger partial charge < -0.3 is 5.11 Å². The number of phenols is 1. The van der Waals surface area contributed by atoms with Crippen molar-refractivity contribution in [2.75, 3.05) is 0 Å². The lowest BCUT2D eigenvalue weighted by Crippen LogP contribution is -1.91. The van der Waals surface area contributed by atoms with E-state index in [0.29, 0.717) is 0 Å². The van der Waals surface area contributed by atoms with Crippen LogP contribution in [0.15, 0.2) is 127 Å². The van der Waals surface area contributed by atoms with E-state index in [2.05, 4.69) is 97.1 Å².